The number of imidazole rings is 6. The van der Waals surface area contributed by atoms with Crippen molar-refractivity contribution in [1.29, 1.82) is 0 Å². The molecule has 1 N–H and O–H groups in total. The molecule has 0 unspecified atom stereocenters. The van der Waals surface area contributed by atoms with E-state index in [0.717, 1.165) is 55.9 Å². The molecular formula is C102H86N20+12. The van der Waals surface area contributed by atoms with Crippen LogP contribution in [0, 0.1) is 0 Å². The van der Waals surface area contributed by atoms with Crippen LogP contribution in [0.1, 0.15) is 27.8 Å². The quantitative estimate of drug-likeness (QED) is 0.140. The van der Waals surface area contributed by atoms with Gasteiger partial charge in [0, 0.05) is 82.7 Å². The number of H-pyrrole nitrogens is 1. The van der Waals surface area contributed by atoms with Crippen molar-refractivity contribution >= 4 is 105 Å². The highest BCUT2D eigenvalue weighted by Gasteiger charge is 2.42. The van der Waals surface area contributed by atoms with Gasteiger partial charge in [0.2, 0.25) is 17.5 Å². The molecule has 6 aliphatic rings. The Morgan fingerprint density at radius 2 is 0.934 bits per heavy atom. The second-order valence-electron chi connectivity index (χ2n) is 32.8. The van der Waals surface area contributed by atoms with Crippen molar-refractivity contribution in [1.82, 2.24) is 37.5 Å². The zero-order valence-corrected chi connectivity index (χ0v) is 68.5. The van der Waals surface area contributed by atoms with Crippen LogP contribution < -0.4 is 54.6 Å². The van der Waals surface area contributed by atoms with Gasteiger partial charge in [0.25, 0.3) is 29.1 Å². The number of aryl methyl sites for hydroxylation is 6. The molecule has 0 radical (unpaired) electrons. The Bertz CT molecular complexity index is 8140. The average Bonchev–Trinajstić information content (AvgIpc) is 1.53. The first kappa shape index (κ1) is 70.5. The van der Waals surface area contributed by atoms with Gasteiger partial charge < -0.3 is 0 Å². The van der Waals surface area contributed by atoms with E-state index in [-0.39, 0.29) is 0 Å². The molecule has 0 fully saturated rings. The zero-order chi connectivity index (χ0) is 81.3. The van der Waals surface area contributed by atoms with Gasteiger partial charge in [-0.25, -0.2) is 51.5 Å². The fraction of sp³-hybridized carbons (Fsp3) is 0.118. The van der Waals surface area contributed by atoms with Crippen LogP contribution in [-0.2, 0) is 81.7 Å². The number of para-hydroxylation sites is 6. The Labute approximate surface area is 700 Å². The normalized spacial score (nSPS) is 12.8. The summed E-state index contributed by atoms with van der Waals surface area (Å²) >= 11 is 0. The third-order valence-corrected chi connectivity index (χ3v) is 25.7. The van der Waals surface area contributed by atoms with Gasteiger partial charge in [-0.3, -0.25) is 0 Å². The molecule has 0 spiro atoms. The largest absolute Gasteiger partial charge is 0.359 e. The number of rotatable bonds is 3. The summed E-state index contributed by atoms with van der Waals surface area (Å²) in [6.45, 7) is 5.63. The second-order valence-corrected chi connectivity index (χ2v) is 32.8. The molecule has 0 aliphatic carbocycles. The number of pyridine rings is 11. The first-order chi connectivity index (χ1) is 60.0. The van der Waals surface area contributed by atoms with Crippen LogP contribution in [0.5, 0.6) is 0 Å². The summed E-state index contributed by atoms with van der Waals surface area (Å²) < 4.78 is 38.9. The fourth-order valence-corrected chi connectivity index (χ4v) is 20.4. The predicted octanol–water partition coefficient (Wildman–Crippen LogP) is 11.4. The highest BCUT2D eigenvalue weighted by molar-refractivity contribution is 6.12. The van der Waals surface area contributed by atoms with E-state index in [4.69, 9.17) is 9.97 Å². The predicted molar refractivity (Wildman–Crippen MR) is 465 cm³/mol. The van der Waals surface area contributed by atoms with E-state index < -0.39 is 0 Å². The molecule has 20 nitrogen and oxygen atoms in total. The lowest BCUT2D eigenvalue weighted by Gasteiger charge is -2.02. The van der Waals surface area contributed by atoms with E-state index in [9.17, 15) is 0 Å². The maximum Gasteiger partial charge on any atom is 0.359 e. The van der Waals surface area contributed by atoms with Crippen molar-refractivity contribution < 1.29 is 54.6 Å². The second kappa shape index (κ2) is 27.4. The lowest BCUT2D eigenvalue weighted by Crippen LogP contribution is -2.34. The van der Waals surface area contributed by atoms with Gasteiger partial charge in [-0.1, -0.05) is 115 Å². The molecule has 122 heavy (non-hydrogen) atoms. The standard InChI is InChI=1S/C21H16N4.C20H15N3.C19H14N4.C16H15N3.C16H14N3.C10H11N3/c1-23-11-9-15-12-24-17(14-6-3-2-4-7-14)13-25-16-8-5-10-22-19(16)20(23)18(15)21(24)25;1-21-11-10-13-12-22-16-8-4-5-9-17(16)23-15-7-3-2-6-14(15)19(21)18(13)20(22)23;1-21-10-8-12-11-22-13-5-2-3-6-14(13)23-15-7-4-9-20-17(15)18(21)16(12)19(22)23;1-17-9-5-6-13-10-19-12-18(11-15(19)16(13)17)14-7-3-2-4-8-14;1-18-9-5-8-13-11-19-14(10-17-16(19)15(13)18)12-6-3-2-4-7-12;1-11-6-7-13-8-12-5-3-2-4-9(12)10(11)13/h2-11,13H,12H2,1H3;2-11H,12H2,1H3;2-10H,11H2,1H3;2-9,11-12H,10H2,1H3;2-10H,11H2,1H3;2-7H,8H2,1H3/q4*+2;+1;+2/p+1. The maximum atomic E-state index is 4.72. The number of fused-ring (bicyclic) bond motifs is 24. The summed E-state index contributed by atoms with van der Waals surface area (Å²) in [5, 5.41) is 5.36. The van der Waals surface area contributed by atoms with Crippen LogP contribution in [0.3, 0.4) is 0 Å². The first-order valence-corrected chi connectivity index (χ1v) is 41.7. The monoisotopic (exact) mass is 1590 g/mol. The number of hydrogen-bond donors (Lipinski definition) is 1. The minimum atomic E-state index is 0.906. The Morgan fingerprint density at radius 1 is 0.377 bits per heavy atom. The Balaban J connectivity index is 0.0000000835. The maximum absolute atomic E-state index is 4.72. The number of nitrogens with zero attached hydrogens (tertiary/aromatic N) is 19. The lowest BCUT2D eigenvalue weighted by atomic mass is 10.1. The van der Waals surface area contributed by atoms with Crippen molar-refractivity contribution in [2.24, 2.45) is 42.3 Å². The van der Waals surface area contributed by atoms with Crippen LogP contribution in [0.2, 0.25) is 0 Å². The number of aromatic amines is 1. The molecular weight excluding hydrogens is 1510 g/mol. The van der Waals surface area contributed by atoms with Crippen LogP contribution in [0.4, 0.5) is 0 Å². The minimum Gasteiger partial charge on any atom is -0.246 e. The minimum absolute atomic E-state index is 0.906. The number of benzene rings is 6. The van der Waals surface area contributed by atoms with Gasteiger partial charge in [0.15, 0.2) is 92.7 Å². The van der Waals surface area contributed by atoms with Crippen molar-refractivity contribution in [3.63, 3.8) is 0 Å². The van der Waals surface area contributed by atoms with Gasteiger partial charge in [-0.2, -0.15) is 40.6 Å². The smallest absolute Gasteiger partial charge is 0.246 e. The SMILES string of the molecule is C[n+]1ccc2c3c1c1ccccc1n1c4ccccc4[n+](c31)C2.C[n+]1ccc2c3c1c1ncccc1[n+]1cc(-c4ccccc4)n(c31)C2.C[n+]1ccc2c3c1c1ncccc1n1c4ccccc4[n+](c31)C2.C[n+]1cccc2c1-c1[nH]cc(-c3ccccc3)[n+]1C2.C[n+]1cccc2c1-c1cn(-c3ccccc3)c[n+]1C2.C[n+]1ccn2c1-c1cccc[n+]1C2. The molecule has 23 aromatic rings. The van der Waals surface area contributed by atoms with E-state index in [2.05, 4.69) is 429 Å². The molecule has 20 heteroatoms. The Kier molecular flexibility index (Phi) is 15.9. The van der Waals surface area contributed by atoms with Crippen LogP contribution in [-0.4, -0.2) is 37.5 Å². The van der Waals surface area contributed by atoms with E-state index in [1.807, 2.05) is 30.6 Å². The third-order valence-electron chi connectivity index (χ3n) is 25.7. The number of aromatic nitrogens is 20. The van der Waals surface area contributed by atoms with E-state index in [1.165, 1.54) is 179 Å². The van der Waals surface area contributed by atoms with E-state index in [1.54, 1.807) is 0 Å². The summed E-state index contributed by atoms with van der Waals surface area (Å²) in [5.74, 6) is 2.47. The van der Waals surface area contributed by atoms with Crippen molar-refractivity contribution in [2.45, 2.75) is 39.4 Å². The van der Waals surface area contributed by atoms with Gasteiger partial charge in [-0.15, -0.1) is 0 Å². The average molecular weight is 1590 g/mol. The molecule has 6 aromatic carbocycles. The van der Waals surface area contributed by atoms with Crippen molar-refractivity contribution in [3.8, 4) is 62.6 Å². The topological polar surface area (TPSA) is 112 Å². The molecule has 23 heterocycles. The molecule has 0 atom stereocenters. The molecule has 6 aliphatic heterocycles. The van der Waals surface area contributed by atoms with Crippen LogP contribution in [0.25, 0.3) is 167 Å². The van der Waals surface area contributed by atoms with Gasteiger partial charge >= 0.3 is 34.3 Å². The van der Waals surface area contributed by atoms with Crippen LogP contribution >= 0.6 is 0 Å². The van der Waals surface area contributed by atoms with Crippen molar-refractivity contribution in [2.75, 3.05) is 0 Å². The molecule has 582 valence electrons. The summed E-state index contributed by atoms with van der Waals surface area (Å²) in [6.07, 6.45) is 29.5. The molecule has 0 bridgehead atoms. The summed E-state index contributed by atoms with van der Waals surface area (Å²) in [4.78, 5) is 12.9. The van der Waals surface area contributed by atoms with Gasteiger partial charge in [-0.05, 0) is 91.0 Å². The summed E-state index contributed by atoms with van der Waals surface area (Å²) in [6, 6.07) is 87.7. The summed E-state index contributed by atoms with van der Waals surface area (Å²) in [5.41, 5.74) is 36.8. The van der Waals surface area contributed by atoms with E-state index in [0.29, 0.717) is 0 Å². The van der Waals surface area contributed by atoms with E-state index >= 15 is 0 Å². The highest BCUT2D eigenvalue weighted by Crippen LogP contribution is 2.39. The fourth-order valence-electron chi connectivity index (χ4n) is 20.4. The third kappa shape index (κ3) is 10.6. The van der Waals surface area contributed by atoms with Crippen molar-refractivity contribution in [3.05, 3.63) is 363 Å². The molecule has 17 aromatic heterocycles. The Hall–Kier alpha value is -15.7. The molecule has 0 amide bonds. The molecule has 0 saturated carbocycles. The zero-order valence-electron chi connectivity index (χ0n) is 68.5. The number of hydrogen-bond acceptors (Lipinski definition) is 2. The van der Waals surface area contributed by atoms with Gasteiger partial charge in [0.1, 0.15) is 126 Å². The van der Waals surface area contributed by atoms with Gasteiger partial charge in [0.05, 0.1) is 23.6 Å². The number of nitrogens with one attached hydrogen (secondary N) is 1. The molecule has 0 saturated heterocycles. The Morgan fingerprint density at radius 3 is 1.66 bits per heavy atom. The summed E-state index contributed by atoms with van der Waals surface area (Å²) in [7, 11) is 12.6. The molecule has 29 rings (SSSR count). The first-order valence-electron chi connectivity index (χ1n) is 41.7. The van der Waals surface area contributed by atoms with Crippen LogP contribution in [0.15, 0.2) is 336 Å². The highest BCUT2D eigenvalue weighted by atomic mass is 15.3. The lowest BCUT2D eigenvalue weighted by molar-refractivity contribution is -0.691.